The number of nitrogens with one attached hydrogen (secondary N) is 1. The van der Waals surface area contributed by atoms with E-state index >= 15 is 0 Å². The molecule has 2 bridgehead atoms. The maximum atomic E-state index is 10.3. The molecule has 2 N–H and O–H groups in total. The number of fused-ring (bicyclic) bond motifs is 2. The summed E-state index contributed by atoms with van der Waals surface area (Å²) < 4.78 is 0. The predicted molar refractivity (Wildman–Crippen MR) is 54.1 cm³/mol. The Balaban J connectivity index is 1.60. The zero-order valence-electron chi connectivity index (χ0n) is 8.54. The molecule has 14 heavy (non-hydrogen) atoms. The smallest absolute Gasteiger partial charge is 0.304 e. The number of rotatable bonds is 5. The topological polar surface area (TPSA) is 49.3 Å². The largest absolute Gasteiger partial charge is 0.481 e. The van der Waals surface area contributed by atoms with Crippen molar-refractivity contribution < 1.29 is 9.90 Å². The van der Waals surface area contributed by atoms with Gasteiger partial charge in [0.05, 0.1) is 6.42 Å². The van der Waals surface area contributed by atoms with Crippen molar-refractivity contribution in [1.82, 2.24) is 5.32 Å². The Bertz CT molecular complexity index is 217. The van der Waals surface area contributed by atoms with E-state index in [2.05, 4.69) is 5.32 Å². The molecule has 2 rings (SSSR count). The summed E-state index contributed by atoms with van der Waals surface area (Å²) in [6, 6.07) is 0. The van der Waals surface area contributed by atoms with Gasteiger partial charge in [0, 0.05) is 6.54 Å². The first-order chi connectivity index (χ1) is 6.75. The number of hydrogen-bond donors (Lipinski definition) is 2. The summed E-state index contributed by atoms with van der Waals surface area (Å²) in [6.07, 6.45) is 5.92. The maximum absolute atomic E-state index is 10.3. The summed E-state index contributed by atoms with van der Waals surface area (Å²) in [7, 11) is 0. The molecule has 3 heteroatoms. The Morgan fingerprint density at radius 2 is 2.21 bits per heavy atom. The number of hydrogen-bond acceptors (Lipinski definition) is 2. The minimum Gasteiger partial charge on any atom is -0.481 e. The highest BCUT2D eigenvalue weighted by molar-refractivity contribution is 5.66. The lowest BCUT2D eigenvalue weighted by Gasteiger charge is -2.21. The van der Waals surface area contributed by atoms with Crippen molar-refractivity contribution in [2.24, 2.45) is 17.8 Å². The number of aliphatic carboxylic acids is 1. The van der Waals surface area contributed by atoms with Gasteiger partial charge in [-0.05, 0) is 43.6 Å². The number of carboxylic acid groups (broad SMARTS) is 1. The minimum absolute atomic E-state index is 0.251. The van der Waals surface area contributed by atoms with Gasteiger partial charge in [0.2, 0.25) is 0 Å². The number of carboxylic acids is 1. The van der Waals surface area contributed by atoms with Crippen LogP contribution in [0.3, 0.4) is 0 Å². The Hall–Kier alpha value is -0.570. The summed E-state index contributed by atoms with van der Waals surface area (Å²) in [5.74, 6) is 2.07. The average Bonchev–Trinajstić information content (AvgIpc) is 2.73. The third-order valence-corrected chi connectivity index (χ3v) is 3.81. The zero-order valence-corrected chi connectivity index (χ0v) is 8.54. The van der Waals surface area contributed by atoms with Crippen molar-refractivity contribution in [1.29, 1.82) is 0 Å². The Labute approximate surface area is 84.9 Å². The van der Waals surface area contributed by atoms with Crippen molar-refractivity contribution in [3.63, 3.8) is 0 Å². The first-order valence-corrected chi connectivity index (χ1v) is 5.68. The molecule has 0 aliphatic heterocycles. The molecule has 0 aromatic carbocycles. The lowest BCUT2D eigenvalue weighted by atomic mass is 9.89. The van der Waals surface area contributed by atoms with Crippen LogP contribution in [0.2, 0.25) is 0 Å². The standard InChI is InChI=1S/C11H19NO2/c13-11(14)3-4-12-7-10-6-8-1-2-9(10)5-8/h8-10,12H,1-7H2,(H,13,14). The maximum Gasteiger partial charge on any atom is 0.304 e. The molecule has 2 fully saturated rings. The van der Waals surface area contributed by atoms with Crippen LogP contribution >= 0.6 is 0 Å². The second-order valence-corrected chi connectivity index (χ2v) is 4.78. The van der Waals surface area contributed by atoms with Gasteiger partial charge in [0.1, 0.15) is 0 Å². The van der Waals surface area contributed by atoms with E-state index in [0.29, 0.717) is 6.54 Å². The molecule has 2 aliphatic carbocycles. The normalized spacial score (nSPS) is 35.0. The molecule has 0 aromatic heterocycles. The molecular formula is C11H19NO2. The summed E-state index contributed by atoms with van der Waals surface area (Å²) in [6.45, 7) is 1.66. The predicted octanol–water partition coefficient (Wildman–Crippen LogP) is 1.49. The molecule has 3 atom stereocenters. The van der Waals surface area contributed by atoms with E-state index in [1.54, 1.807) is 0 Å². The van der Waals surface area contributed by atoms with Crippen LogP contribution in [-0.4, -0.2) is 24.2 Å². The van der Waals surface area contributed by atoms with Crippen molar-refractivity contribution in [3.8, 4) is 0 Å². The molecular weight excluding hydrogens is 178 g/mol. The third-order valence-electron chi connectivity index (χ3n) is 3.81. The lowest BCUT2D eigenvalue weighted by Crippen LogP contribution is -2.28. The Kier molecular flexibility index (Phi) is 3.06. The quantitative estimate of drug-likeness (QED) is 0.656. The summed E-state index contributed by atoms with van der Waals surface area (Å²) in [4.78, 5) is 10.3. The highest BCUT2D eigenvalue weighted by atomic mass is 16.4. The monoisotopic (exact) mass is 197 g/mol. The van der Waals surface area contributed by atoms with E-state index in [1.165, 1.54) is 25.7 Å². The molecule has 0 aromatic rings. The van der Waals surface area contributed by atoms with Crippen molar-refractivity contribution in [2.75, 3.05) is 13.1 Å². The van der Waals surface area contributed by atoms with Crippen LogP contribution in [0.5, 0.6) is 0 Å². The lowest BCUT2D eigenvalue weighted by molar-refractivity contribution is -0.136. The van der Waals surface area contributed by atoms with Crippen molar-refractivity contribution in [2.45, 2.75) is 32.1 Å². The van der Waals surface area contributed by atoms with E-state index < -0.39 is 5.97 Å². The van der Waals surface area contributed by atoms with Gasteiger partial charge in [-0.1, -0.05) is 6.42 Å². The fourth-order valence-electron chi connectivity index (χ4n) is 3.11. The average molecular weight is 197 g/mol. The summed E-state index contributed by atoms with van der Waals surface area (Å²) in [5.41, 5.74) is 0. The van der Waals surface area contributed by atoms with E-state index in [9.17, 15) is 4.79 Å². The molecule has 3 nitrogen and oxygen atoms in total. The minimum atomic E-state index is -0.703. The first-order valence-electron chi connectivity index (χ1n) is 5.68. The van der Waals surface area contributed by atoms with Gasteiger partial charge < -0.3 is 10.4 Å². The van der Waals surface area contributed by atoms with Crippen LogP contribution < -0.4 is 5.32 Å². The van der Waals surface area contributed by atoms with E-state index in [1.807, 2.05) is 0 Å². The van der Waals surface area contributed by atoms with Crippen LogP contribution in [0, 0.1) is 17.8 Å². The zero-order chi connectivity index (χ0) is 9.97. The van der Waals surface area contributed by atoms with Crippen molar-refractivity contribution in [3.05, 3.63) is 0 Å². The molecule has 2 saturated carbocycles. The van der Waals surface area contributed by atoms with Gasteiger partial charge in [-0.2, -0.15) is 0 Å². The van der Waals surface area contributed by atoms with Crippen LogP contribution in [0.1, 0.15) is 32.1 Å². The van der Waals surface area contributed by atoms with Gasteiger partial charge in [-0.25, -0.2) is 0 Å². The molecule has 0 spiro atoms. The molecule has 0 heterocycles. The van der Waals surface area contributed by atoms with Gasteiger partial charge in [-0.3, -0.25) is 4.79 Å². The fraction of sp³-hybridized carbons (Fsp3) is 0.909. The highest BCUT2D eigenvalue weighted by Gasteiger charge is 2.38. The Morgan fingerprint density at radius 1 is 1.36 bits per heavy atom. The molecule has 0 radical (unpaired) electrons. The second-order valence-electron chi connectivity index (χ2n) is 4.78. The van der Waals surface area contributed by atoms with Crippen LogP contribution in [0.4, 0.5) is 0 Å². The van der Waals surface area contributed by atoms with Crippen molar-refractivity contribution >= 4 is 5.97 Å². The van der Waals surface area contributed by atoms with Gasteiger partial charge in [0.15, 0.2) is 0 Å². The van der Waals surface area contributed by atoms with Gasteiger partial charge in [0.25, 0.3) is 0 Å². The van der Waals surface area contributed by atoms with E-state index in [0.717, 1.165) is 24.3 Å². The number of carbonyl (C=O) groups is 1. The third kappa shape index (κ3) is 2.27. The van der Waals surface area contributed by atoms with E-state index in [4.69, 9.17) is 5.11 Å². The SMILES string of the molecule is O=C(O)CCNCC1CC2CCC1C2. The van der Waals surface area contributed by atoms with Gasteiger partial charge >= 0.3 is 5.97 Å². The van der Waals surface area contributed by atoms with Crippen LogP contribution in [0.15, 0.2) is 0 Å². The fourth-order valence-corrected chi connectivity index (χ4v) is 3.11. The molecule has 2 aliphatic rings. The molecule has 3 unspecified atom stereocenters. The summed E-state index contributed by atoms with van der Waals surface area (Å²) in [5, 5.41) is 11.7. The molecule has 0 saturated heterocycles. The van der Waals surface area contributed by atoms with Crippen LogP contribution in [-0.2, 0) is 4.79 Å². The summed E-state index contributed by atoms with van der Waals surface area (Å²) >= 11 is 0. The highest BCUT2D eigenvalue weighted by Crippen LogP contribution is 2.47. The first kappa shape index (κ1) is 9.97. The molecule has 0 amide bonds. The van der Waals surface area contributed by atoms with Crippen LogP contribution in [0.25, 0.3) is 0 Å². The van der Waals surface area contributed by atoms with Gasteiger partial charge in [-0.15, -0.1) is 0 Å². The van der Waals surface area contributed by atoms with E-state index in [-0.39, 0.29) is 6.42 Å². The second kappa shape index (κ2) is 4.30. The Morgan fingerprint density at radius 3 is 2.79 bits per heavy atom. The molecule has 80 valence electrons.